The van der Waals surface area contributed by atoms with E-state index in [-0.39, 0.29) is 23.2 Å². The van der Waals surface area contributed by atoms with Crippen LogP contribution in [0.25, 0.3) is 0 Å². The maximum atomic E-state index is 13.7. The third kappa shape index (κ3) is 14.8. The van der Waals surface area contributed by atoms with Crippen molar-refractivity contribution in [2.75, 3.05) is 7.11 Å². The second-order valence-corrected chi connectivity index (χ2v) is 9.94. The molecule has 0 amide bonds. The van der Waals surface area contributed by atoms with Crippen molar-refractivity contribution in [1.29, 1.82) is 0 Å². The summed E-state index contributed by atoms with van der Waals surface area (Å²) < 4.78 is 49.4. The minimum Gasteiger partial charge on any atom is -0.386 e. The number of benzene rings is 1. The van der Waals surface area contributed by atoms with Crippen molar-refractivity contribution >= 4 is 16.8 Å². The smallest absolute Gasteiger partial charge is 0.159 e. The minimum atomic E-state index is -0.958. The van der Waals surface area contributed by atoms with Crippen LogP contribution in [0.2, 0.25) is 0 Å². The Hall–Kier alpha value is -1.97. The zero-order valence-electron chi connectivity index (χ0n) is 24.4. The van der Waals surface area contributed by atoms with Gasteiger partial charge in [0.1, 0.15) is 17.1 Å². The molecule has 1 aromatic carbocycles. The van der Waals surface area contributed by atoms with E-state index in [2.05, 4.69) is 16.7 Å². The third-order valence-corrected chi connectivity index (χ3v) is 5.97. The van der Waals surface area contributed by atoms with Crippen LogP contribution in [0.15, 0.2) is 58.5 Å². The third-order valence-electron chi connectivity index (χ3n) is 5.68. The Bertz CT molecular complexity index is 987. The van der Waals surface area contributed by atoms with E-state index in [1.165, 1.54) is 19.3 Å². The van der Waals surface area contributed by atoms with Crippen molar-refractivity contribution in [2.24, 2.45) is 4.99 Å². The quantitative estimate of drug-likeness (QED) is 0.176. The van der Waals surface area contributed by atoms with Gasteiger partial charge in [0.15, 0.2) is 17.4 Å². The maximum Gasteiger partial charge on any atom is 0.159 e. The van der Waals surface area contributed by atoms with Crippen LogP contribution in [0.4, 0.5) is 13.2 Å². The number of hydrogen-bond acceptors (Lipinski definition) is 5. The molecule has 222 valence electrons. The van der Waals surface area contributed by atoms with Crippen molar-refractivity contribution in [1.82, 2.24) is 0 Å². The molecule has 0 radical (unpaired) electrons. The first-order valence-corrected chi connectivity index (χ1v) is 13.6. The highest BCUT2D eigenvalue weighted by Crippen LogP contribution is 2.30. The van der Waals surface area contributed by atoms with Crippen LogP contribution in [-0.2, 0) is 9.47 Å². The Balaban J connectivity index is 0.000000615. The second kappa shape index (κ2) is 19.2. The lowest BCUT2D eigenvalue weighted by molar-refractivity contribution is -0.155. The molecule has 5 nitrogen and oxygen atoms in total. The van der Waals surface area contributed by atoms with Gasteiger partial charge >= 0.3 is 0 Å². The number of methoxy groups -OCH3 is 1. The zero-order valence-corrected chi connectivity index (χ0v) is 25.2. The van der Waals surface area contributed by atoms with E-state index in [4.69, 9.17) is 21.4 Å². The van der Waals surface area contributed by atoms with Gasteiger partial charge in [-0.3, -0.25) is 0 Å². The van der Waals surface area contributed by atoms with Crippen LogP contribution >= 0.6 is 11.6 Å². The largest absolute Gasteiger partial charge is 0.386 e. The summed E-state index contributed by atoms with van der Waals surface area (Å²) in [5.41, 5.74) is 1.72. The van der Waals surface area contributed by atoms with Crippen molar-refractivity contribution in [2.45, 2.75) is 105 Å². The van der Waals surface area contributed by atoms with Crippen molar-refractivity contribution in [3.05, 3.63) is 70.7 Å². The van der Waals surface area contributed by atoms with Crippen molar-refractivity contribution in [3.63, 3.8) is 0 Å². The lowest BCUT2D eigenvalue weighted by Gasteiger charge is -2.18. The van der Waals surface area contributed by atoms with E-state index in [0.717, 1.165) is 49.8 Å². The van der Waals surface area contributed by atoms with Gasteiger partial charge in [-0.25, -0.2) is 18.2 Å². The average Bonchev–Trinajstić information content (AvgIpc) is 3.32. The zero-order chi connectivity index (χ0) is 30.2. The van der Waals surface area contributed by atoms with Gasteiger partial charge in [0.05, 0.1) is 12.2 Å². The predicted octanol–water partition coefficient (Wildman–Crippen LogP) is 8.46. The molecule has 2 N–H and O–H groups in total. The first-order valence-electron chi connectivity index (χ1n) is 13.2. The Morgan fingerprint density at radius 3 is 2.31 bits per heavy atom. The molecule has 0 aromatic heterocycles. The van der Waals surface area contributed by atoms with E-state index in [1.807, 2.05) is 26.8 Å². The molecule has 3 atom stereocenters. The number of ether oxygens (including phenoxy) is 2. The number of aliphatic hydroxyl groups is 2. The maximum absolute atomic E-state index is 13.7. The summed E-state index contributed by atoms with van der Waals surface area (Å²) >= 11 is 6.05. The Labute approximate surface area is 237 Å². The van der Waals surface area contributed by atoms with Gasteiger partial charge in [-0.15, -0.1) is 0 Å². The number of nitrogens with zero attached hydrogens (tertiary/aromatic N) is 1. The number of hydrogen-bond donors (Lipinski definition) is 2. The fourth-order valence-electron chi connectivity index (χ4n) is 3.39. The molecule has 1 aliphatic rings. The average molecular weight is 576 g/mol. The van der Waals surface area contributed by atoms with E-state index >= 15 is 0 Å². The topological polar surface area (TPSA) is 71.3 Å². The van der Waals surface area contributed by atoms with Gasteiger partial charge in [-0.2, -0.15) is 0 Å². The number of aliphatic hydroxyl groups excluding tert-OH is 1. The fourth-order valence-corrected chi connectivity index (χ4v) is 3.70. The van der Waals surface area contributed by atoms with E-state index in [1.54, 1.807) is 27.0 Å². The second-order valence-electron chi connectivity index (χ2n) is 9.59. The lowest BCUT2D eigenvalue weighted by Crippen LogP contribution is -2.20. The van der Waals surface area contributed by atoms with E-state index in [0.29, 0.717) is 11.1 Å². The van der Waals surface area contributed by atoms with Crippen LogP contribution in [0.3, 0.4) is 0 Å². The van der Waals surface area contributed by atoms with Gasteiger partial charge < -0.3 is 19.7 Å². The molecule has 0 saturated carbocycles. The summed E-state index contributed by atoms with van der Waals surface area (Å²) in [4.78, 5) is 4.05. The highest BCUT2D eigenvalue weighted by Gasteiger charge is 2.29. The summed E-state index contributed by atoms with van der Waals surface area (Å²) in [5.74, 6) is -3.12. The Morgan fingerprint density at radius 1 is 1.26 bits per heavy atom. The van der Waals surface area contributed by atoms with Crippen molar-refractivity contribution in [3.8, 4) is 0 Å². The molecule has 1 aromatic rings. The molecule has 1 saturated heterocycles. The molecule has 0 spiro atoms. The highest BCUT2D eigenvalue weighted by molar-refractivity contribution is 6.70. The number of halogens is 4. The molecule has 9 heteroatoms. The van der Waals surface area contributed by atoms with E-state index < -0.39 is 23.5 Å². The van der Waals surface area contributed by atoms with E-state index in [9.17, 15) is 18.3 Å². The Morgan fingerprint density at radius 2 is 1.87 bits per heavy atom. The molecule has 0 bridgehead atoms. The molecule has 2 rings (SSSR count). The minimum absolute atomic E-state index is 0.116. The van der Waals surface area contributed by atoms with Gasteiger partial charge in [-0.1, -0.05) is 55.7 Å². The highest BCUT2D eigenvalue weighted by atomic mass is 35.5. The molecular formula is C30H45ClF3NO4. The van der Waals surface area contributed by atoms with Crippen molar-refractivity contribution < 1.29 is 32.9 Å². The van der Waals surface area contributed by atoms with Crippen LogP contribution in [-0.4, -0.2) is 40.5 Å². The van der Waals surface area contributed by atoms with Crippen LogP contribution in [0.5, 0.6) is 0 Å². The number of aliphatic imine (C=N–C) groups is 1. The predicted molar refractivity (Wildman–Crippen MR) is 153 cm³/mol. The number of allylic oxidation sites excluding steroid dienone is 5. The molecule has 1 aliphatic heterocycles. The summed E-state index contributed by atoms with van der Waals surface area (Å²) in [6.07, 6.45) is 8.09. The Kier molecular flexibility index (Phi) is 18.2. The van der Waals surface area contributed by atoms with Gasteiger partial charge in [0.2, 0.25) is 0 Å². The molecule has 1 heterocycles. The van der Waals surface area contributed by atoms with Crippen LogP contribution in [0.1, 0.15) is 92.2 Å². The van der Waals surface area contributed by atoms with Crippen LogP contribution < -0.4 is 0 Å². The molecule has 3 unspecified atom stereocenters. The summed E-state index contributed by atoms with van der Waals surface area (Å²) in [7, 11) is 1.46. The standard InChI is InChI=1S/C14H21ClFN.C12H14F2O2.C4H10O2/c1-5-8-10-17-14(15)13(12(16)7-3)11(4)9-6-2;1-7-2-5-11(16-7)12(15)8-3-4-9(13)10(14)6-8;1-4(2,5)6-3/h7-8,10H,5-6,9H2,1-4H3;3-4,6-7,11-12,15H,2,5H2,1H3;5H,1-3H3/b10-8+,12-7+,13-11+,17-14-;;. The normalized spacial score (nSPS) is 19.6. The monoisotopic (exact) mass is 575 g/mol. The molecule has 0 aliphatic carbocycles. The summed E-state index contributed by atoms with van der Waals surface area (Å²) in [6.45, 7) is 12.7. The molecule has 1 fully saturated rings. The lowest BCUT2D eigenvalue weighted by atomic mass is 10.0. The van der Waals surface area contributed by atoms with Gasteiger partial charge in [0, 0.05) is 18.9 Å². The van der Waals surface area contributed by atoms with Gasteiger partial charge in [-0.05, 0) is 78.0 Å². The molecule has 39 heavy (non-hydrogen) atoms. The summed E-state index contributed by atoms with van der Waals surface area (Å²) in [6, 6.07) is 3.42. The first-order chi connectivity index (χ1) is 18.2. The summed E-state index contributed by atoms with van der Waals surface area (Å²) in [5, 5.41) is 18.8. The van der Waals surface area contributed by atoms with Gasteiger partial charge in [0.25, 0.3) is 0 Å². The fraction of sp³-hybridized carbons (Fsp3) is 0.567. The first kappa shape index (κ1) is 37.0. The SMILES string of the molecule is CC1CCC(C(O)c2ccc(F)c(F)c2)O1.COC(C)(C)O.C\C=C(F)/C(C(/Cl)=N/C=C/CC)=C(/C)CCC. The number of rotatable bonds is 9. The van der Waals surface area contributed by atoms with Crippen LogP contribution in [0, 0.1) is 11.6 Å². The molecular weight excluding hydrogens is 531 g/mol.